The summed E-state index contributed by atoms with van der Waals surface area (Å²) in [4.78, 5) is 62.3. The summed E-state index contributed by atoms with van der Waals surface area (Å²) in [5.41, 5.74) is 10.5. The fourth-order valence-electron chi connectivity index (χ4n) is 9.78. The molecule has 4 aromatic rings. The van der Waals surface area contributed by atoms with Crippen molar-refractivity contribution in [1.29, 1.82) is 0 Å². The molecule has 0 saturated carbocycles. The van der Waals surface area contributed by atoms with Crippen molar-refractivity contribution in [2.45, 2.75) is 175 Å². The van der Waals surface area contributed by atoms with Gasteiger partial charge in [0.1, 0.15) is 5.76 Å². The van der Waals surface area contributed by atoms with Gasteiger partial charge in [-0.3, -0.25) is 9.59 Å². The van der Waals surface area contributed by atoms with Gasteiger partial charge < -0.3 is 10.2 Å². The van der Waals surface area contributed by atoms with E-state index >= 15 is 0 Å². The van der Waals surface area contributed by atoms with E-state index in [0.29, 0.717) is 57.7 Å². The van der Waals surface area contributed by atoms with Crippen LogP contribution in [-0.4, -0.2) is 72.7 Å². The quantitative estimate of drug-likeness (QED) is 0.0764. The van der Waals surface area contributed by atoms with Crippen molar-refractivity contribution in [3.8, 4) is 0 Å². The third-order valence-corrected chi connectivity index (χ3v) is 26.3. The van der Waals surface area contributed by atoms with E-state index in [1.54, 1.807) is 0 Å². The summed E-state index contributed by atoms with van der Waals surface area (Å²) < 4.78 is 17.0. The number of benzene rings is 4. The van der Waals surface area contributed by atoms with Gasteiger partial charge in [-0.1, -0.05) is 80.8 Å². The zero-order valence-corrected chi connectivity index (χ0v) is 50.9. The molecule has 0 fully saturated rings. The Bertz CT molecular complexity index is 2540. The summed E-state index contributed by atoms with van der Waals surface area (Å²) in [5.74, 6) is -0.728. The van der Waals surface area contributed by atoms with Crippen LogP contribution in [0.4, 0.5) is 0 Å². The van der Waals surface area contributed by atoms with Crippen LogP contribution in [0.1, 0.15) is 151 Å². The number of ketones is 2. The second-order valence-corrected chi connectivity index (χ2v) is 31.2. The molecule has 4 unspecified atom stereocenters. The minimum Gasteiger partial charge on any atom is -0.512 e. The molecule has 2 aliphatic carbocycles. The van der Waals surface area contributed by atoms with Crippen molar-refractivity contribution in [2.24, 2.45) is 11.8 Å². The number of Topliss-reactive ketones (excluding diaryl/α,β-unsaturated/α-hetero) is 1. The third kappa shape index (κ3) is 18.6. The Morgan fingerprint density at radius 2 is 0.959 bits per heavy atom. The molecule has 6 rings (SSSR count). The SMILES string of the molecule is CCc1cc(C)cc(CC)[c]1[Pb]([O]C(C)=O)([O]C(C)=O)[O]C(C)=O.CCc1cc(C)cc(CC)c1C1=C(O)CC(CC(C)Sc2ccc(C)cc2)CC1=O.Cc1ccc(SC(C)CC2CC(=O)C=C(O)C2)cc1. The number of carbonyl (C=O) groups excluding carboxylic acids is 5. The van der Waals surface area contributed by atoms with E-state index in [9.17, 15) is 34.2 Å². The Labute approximate surface area is 450 Å². The van der Waals surface area contributed by atoms with E-state index in [4.69, 9.17) is 8.06 Å². The predicted octanol–water partition coefficient (Wildman–Crippen LogP) is 13.5. The standard InChI is InChI=1S/C27H34O2S.C16H20O2S.C11H15.3C2H4O2.Pb/c1-6-21-12-18(4)13-22(7-2)26(21)27-24(28)15-20(16-25(27)29)14-19(5)30-23-10-8-17(3)9-11-23;1-11-3-5-16(6-4-11)19-12(2)7-13-8-14(17)10-15(18)9-13;1-4-10-6-9(3)7-11(5-2)8-10;3*1-2(3)4;/h8-13,19-20,28H,6-7,14-16H2,1-5H3;3-6,10,12-13,17H,7-9H2,1-2H3;6-7H,4-5H2,1-3H3;3*1H3,(H,3,4);/q;;;;;;+3/p-3. The number of aliphatic hydroxyl groups excluding tert-OH is 2. The second-order valence-electron chi connectivity index (χ2n) is 19.5. The van der Waals surface area contributed by atoms with Crippen LogP contribution >= 0.6 is 23.5 Å². The smallest absolute Gasteiger partial charge is 0.167 e. The first-order valence-corrected chi connectivity index (χ1v) is 34.1. The van der Waals surface area contributed by atoms with Gasteiger partial charge in [0, 0.05) is 52.1 Å². The van der Waals surface area contributed by atoms with Crippen molar-refractivity contribution < 1.29 is 42.2 Å². The van der Waals surface area contributed by atoms with Gasteiger partial charge >= 0.3 is 149 Å². The summed E-state index contributed by atoms with van der Waals surface area (Å²) in [6.07, 6.45) is 8.59. The zero-order valence-electron chi connectivity index (χ0n) is 45.4. The molecule has 4 aromatic carbocycles. The Morgan fingerprint density at radius 1 is 0.575 bits per heavy atom. The molecule has 2 N–H and O–H groups in total. The minimum atomic E-state index is -5.17. The molecule has 73 heavy (non-hydrogen) atoms. The average molecular weight is 1230 g/mol. The Kier molecular flexibility index (Phi) is 24.1. The second kappa shape index (κ2) is 28.9. The van der Waals surface area contributed by atoms with Crippen LogP contribution in [0.15, 0.2) is 100 Å². The van der Waals surface area contributed by atoms with Crippen molar-refractivity contribution >= 4 is 84.2 Å². The molecular formula is C60H78O10PbS2. The van der Waals surface area contributed by atoms with Crippen LogP contribution in [0.25, 0.3) is 5.57 Å². The number of carbonyl (C=O) groups is 5. The maximum Gasteiger partial charge on any atom is 0.167 e. The molecule has 0 saturated heterocycles. The molecule has 0 spiro atoms. The first-order valence-electron chi connectivity index (χ1n) is 25.7. The predicted molar refractivity (Wildman–Crippen MR) is 299 cm³/mol. The molecule has 394 valence electrons. The van der Waals surface area contributed by atoms with Crippen molar-refractivity contribution in [3.05, 3.63) is 140 Å². The Hall–Kier alpha value is -4.67. The molecule has 13 heteroatoms. The number of allylic oxidation sites excluding steroid dienone is 4. The molecule has 0 aliphatic heterocycles. The van der Waals surface area contributed by atoms with E-state index < -0.39 is 40.4 Å². The number of hydrogen-bond acceptors (Lipinski definition) is 12. The number of aliphatic hydroxyl groups is 2. The van der Waals surface area contributed by atoms with E-state index in [1.807, 2.05) is 56.4 Å². The molecule has 0 bridgehead atoms. The molecule has 0 heterocycles. The summed E-state index contributed by atoms with van der Waals surface area (Å²) in [7, 11) is 0. The monoisotopic (exact) mass is 1230 g/mol. The van der Waals surface area contributed by atoms with E-state index in [0.717, 1.165) is 47.9 Å². The fourth-order valence-corrected chi connectivity index (χ4v) is 23.1. The van der Waals surface area contributed by atoms with Gasteiger partial charge in [0.2, 0.25) is 0 Å². The number of aryl methyl sites for hydroxylation is 8. The van der Waals surface area contributed by atoms with Crippen LogP contribution in [-0.2, 0) is 57.7 Å². The van der Waals surface area contributed by atoms with Gasteiger partial charge in [-0.25, -0.2) is 0 Å². The minimum absolute atomic E-state index is 0.0567. The average Bonchev–Trinajstić information content (AvgIpc) is 3.29. The van der Waals surface area contributed by atoms with E-state index in [2.05, 4.69) is 109 Å². The molecule has 0 amide bonds. The van der Waals surface area contributed by atoms with Crippen LogP contribution < -0.4 is 3.12 Å². The topological polar surface area (TPSA) is 154 Å². The summed E-state index contributed by atoms with van der Waals surface area (Å²) in [5, 5.41) is 21.3. The summed E-state index contributed by atoms with van der Waals surface area (Å²) in [6, 6.07) is 25.3. The number of hydrogen-bond donors (Lipinski definition) is 2. The number of thioether (sulfide) groups is 2. The first-order chi connectivity index (χ1) is 34.5. The third-order valence-electron chi connectivity index (χ3n) is 12.7. The van der Waals surface area contributed by atoms with Crippen LogP contribution in [0, 0.1) is 39.5 Å². The van der Waals surface area contributed by atoms with Crippen molar-refractivity contribution in [2.75, 3.05) is 0 Å². The van der Waals surface area contributed by atoms with Gasteiger partial charge in [-0.05, 0) is 99.2 Å². The molecule has 2 aliphatic rings. The van der Waals surface area contributed by atoms with Crippen molar-refractivity contribution in [1.82, 2.24) is 0 Å². The van der Waals surface area contributed by atoms with E-state index in [1.165, 1.54) is 64.5 Å². The van der Waals surface area contributed by atoms with Gasteiger partial charge in [0.15, 0.2) is 11.6 Å². The van der Waals surface area contributed by atoms with E-state index in [-0.39, 0.29) is 34.9 Å². The van der Waals surface area contributed by atoms with Gasteiger partial charge in [-0.2, -0.15) is 0 Å². The summed E-state index contributed by atoms with van der Waals surface area (Å²) >= 11 is -1.49. The molecular weight excluding hydrogens is 1150 g/mol. The van der Waals surface area contributed by atoms with Crippen molar-refractivity contribution in [3.63, 3.8) is 0 Å². The number of rotatable bonds is 17. The maximum atomic E-state index is 13.2. The van der Waals surface area contributed by atoms with Gasteiger partial charge in [0.25, 0.3) is 0 Å². The summed E-state index contributed by atoms with van der Waals surface area (Å²) in [6.45, 7) is 24.4. The fraction of sp³-hybridized carbons (Fsp3) is 0.450. The largest absolute Gasteiger partial charge is 0.512 e. The van der Waals surface area contributed by atoms with Crippen LogP contribution in [0.3, 0.4) is 0 Å². The Morgan fingerprint density at radius 3 is 1.32 bits per heavy atom. The normalized spacial score (nSPS) is 16.5. The van der Waals surface area contributed by atoms with Gasteiger partial charge in [0.05, 0.1) is 11.3 Å². The van der Waals surface area contributed by atoms with Crippen LogP contribution in [0.5, 0.6) is 0 Å². The maximum absolute atomic E-state index is 13.2. The molecule has 4 atom stereocenters. The van der Waals surface area contributed by atoms with Crippen LogP contribution in [0.2, 0.25) is 0 Å². The molecule has 0 radical (unpaired) electrons. The Balaban J connectivity index is 0.000000244. The molecule has 0 aromatic heterocycles. The zero-order chi connectivity index (χ0) is 54.2. The van der Waals surface area contributed by atoms with Gasteiger partial charge in [-0.15, -0.1) is 23.5 Å². The first kappa shape index (κ1) is 60.9. The molecule has 10 nitrogen and oxygen atoms in total.